The molecule has 2 saturated heterocycles. The van der Waals surface area contributed by atoms with Gasteiger partial charge >= 0.3 is 7.60 Å². The average Bonchev–Trinajstić information content (AvgIpc) is 3.58. The van der Waals surface area contributed by atoms with E-state index in [4.69, 9.17) is 5.73 Å². The van der Waals surface area contributed by atoms with E-state index in [9.17, 15) is 43.1 Å². The minimum atomic E-state index is -5.00. The van der Waals surface area contributed by atoms with Crippen LogP contribution in [0.3, 0.4) is 0 Å². The highest BCUT2D eigenvalue weighted by atomic mass is 32.1. The summed E-state index contributed by atoms with van der Waals surface area (Å²) in [4.78, 5) is 98.5. The lowest BCUT2D eigenvalue weighted by molar-refractivity contribution is -0.145. The number of nitrogens with two attached hydrogens (primary N) is 1. The predicted molar refractivity (Wildman–Crippen MR) is 165 cm³/mol. The highest BCUT2D eigenvalue weighted by Gasteiger charge is 2.45. The van der Waals surface area contributed by atoms with Crippen molar-refractivity contribution in [2.45, 2.75) is 77.0 Å². The topological polar surface area (TPSA) is 217 Å². The Labute approximate surface area is 263 Å². The Bertz CT molecular complexity index is 1570. The Kier molecular flexibility index (Phi) is 10.5. The first kappa shape index (κ1) is 34.2. The lowest BCUT2D eigenvalue weighted by atomic mass is 9.98. The molecule has 1 aromatic carbocycles. The molecule has 3 heterocycles. The van der Waals surface area contributed by atoms with Gasteiger partial charge in [-0.2, -0.15) is 0 Å². The van der Waals surface area contributed by atoms with Gasteiger partial charge < -0.3 is 36.0 Å². The number of amides is 5. The standard InChI is InChI=1S/C29H38N5O9PS/c1-15(2)20(6-9-25(30)36)31-26(37)22-7-5-19-10-11-33(16(3)35)14-21(28(39)34(19)22)32-27(38)24-13-18-12-17(4-8-23(18)45-24)29(40)44(41,42)43/h4,8,12-13,15,19-22H,5-7,9-11,14H2,1-3H3,(H2,30,36)(H,31,37)(H,32,38)(H2,41,42,43)/t19-,20+,21+,22+/m1/s1. The number of hydrogen-bond acceptors (Lipinski definition) is 8. The molecule has 2 aliphatic rings. The molecular formula is C29H38N5O9PS. The molecule has 45 heavy (non-hydrogen) atoms. The van der Waals surface area contributed by atoms with E-state index in [-0.39, 0.29) is 53.2 Å². The number of benzene rings is 1. The van der Waals surface area contributed by atoms with Gasteiger partial charge in [-0.25, -0.2) is 0 Å². The molecule has 0 bridgehead atoms. The molecule has 0 unspecified atom stereocenters. The van der Waals surface area contributed by atoms with Crippen LogP contribution < -0.4 is 16.4 Å². The fraction of sp³-hybridized carbons (Fsp3) is 0.517. The molecule has 0 aliphatic carbocycles. The molecule has 2 aromatic rings. The van der Waals surface area contributed by atoms with Gasteiger partial charge in [-0.1, -0.05) is 13.8 Å². The summed E-state index contributed by atoms with van der Waals surface area (Å²) in [7, 11) is -5.00. The van der Waals surface area contributed by atoms with Crippen LogP contribution in [0.2, 0.25) is 0 Å². The van der Waals surface area contributed by atoms with Crippen molar-refractivity contribution in [3.05, 3.63) is 34.7 Å². The van der Waals surface area contributed by atoms with Crippen LogP contribution in [-0.2, 0) is 23.7 Å². The Hall–Kier alpha value is -3.65. The largest absolute Gasteiger partial charge is 0.396 e. The Morgan fingerprint density at radius 2 is 1.82 bits per heavy atom. The van der Waals surface area contributed by atoms with Crippen molar-refractivity contribution in [1.29, 1.82) is 0 Å². The van der Waals surface area contributed by atoms with E-state index in [1.165, 1.54) is 41.0 Å². The van der Waals surface area contributed by atoms with Crippen molar-refractivity contribution < 1.29 is 43.1 Å². The summed E-state index contributed by atoms with van der Waals surface area (Å²) in [5.74, 6) is -2.20. The second kappa shape index (κ2) is 13.8. The molecule has 0 radical (unpaired) electrons. The van der Waals surface area contributed by atoms with Crippen LogP contribution in [0, 0.1) is 5.92 Å². The maximum absolute atomic E-state index is 14.1. The van der Waals surface area contributed by atoms with E-state index in [1.807, 2.05) is 13.8 Å². The van der Waals surface area contributed by atoms with Gasteiger partial charge in [0.2, 0.25) is 23.6 Å². The lowest BCUT2D eigenvalue weighted by Gasteiger charge is -2.38. The smallest absolute Gasteiger partial charge is 0.370 e. The maximum atomic E-state index is 14.1. The van der Waals surface area contributed by atoms with Gasteiger partial charge in [0, 0.05) is 48.8 Å². The number of fused-ring (bicyclic) bond motifs is 2. The number of rotatable bonds is 10. The summed E-state index contributed by atoms with van der Waals surface area (Å²) in [5, 5.41) is 6.13. The quantitative estimate of drug-likeness (QED) is 0.231. The maximum Gasteiger partial charge on any atom is 0.396 e. The van der Waals surface area contributed by atoms with Gasteiger partial charge in [0.05, 0.1) is 4.88 Å². The van der Waals surface area contributed by atoms with E-state index in [2.05, 4.69) is 10.6 Å². The van der Waals surface area contributed by atoms with Crippen LogP contribution in [-0.4, -0.2) is 91.9 Å². The van der Waals surface area contributed by atoms with Crippen LogP contribution in [0.25, 0.3) is 10.1 Å². The van der Waals surface area contributed by atoms with E-state index in [0.717, 1.165) is 11.3 Å². The number of nitrogens with one attached hydrogen (secondary N) is 2. The Morgan fingerprint density at radius 1 is 1.11 bits per heavy atom. The van der Waals surface area contributed by atoms with Gasteiger partial charge in [0.1, 0.15) is 12.1 Å². The van der Waals surface area contributed by atoms with Gasteiger partial charge in [0.15, 0.2) is 0 Å². The third kappa shape index (κ3) is 7.96. The van der Waals surface area contributed by atoms with Crippen molar-refractivity contribution in [3.63, 3.8) is 0 Å². The normalized spacial score (nSPS) is 21.2. The zero-order valence-corrected chi connectivity index (χ0v) is 26.9. The summed E-state index contributed by atoms with van der Waals surface area (Å²) in [5.41, 5.74) is 3.77. The van der Waals surface area contributed by atoms with E-state index >= 15 is 0 Å². The first-order valence-electron chi connectivity index (χ1n) is 14.7. The van der Waals surface area contributed by atoms with Gasteiger partial charge in [-0.15, -0.1) is 11.3 Å². The van der Waals surface area contributed by atoms with Crippen LogP contribution in [0.1, 0.15) is 72.9 Å². The van der Waals surface area contributed by atoms with Gasteiger partial charge in [-0.05, 0) is 61.3 Å². The molecule has 0 spiro atoms. The number of nitrogens with zero attached hydrogens (tertiary/aromatic N) is 2. The zero-order chi connectivity index (χ0) is 33.2. The summed E-state index contributed by atoms with van der Waals surface area (Å²) < 4.78 is 12.0. The molecule has 1 aromatic heterocycles. The molecule has 4 rings (SSSR count). The van der Waals surface area contributed by atoms with Crippen molar-refractivity contribution in [2.75, 3.05) is 13.1 Å². The molecule has 6 N–H and O–H groups in total. The molecule has 4 atom stereocenters. The zero-order valence-electron chi connectivity index (χ0n) is 25.2. The second-order valence-electron chi connectivity index (χ2n) is 11.8. The first-order valence-corrected chi connectivity index (χ1v) is 17.1. The molecule has 0 saturated carbocycles. The molecular weight excluding hydrogens is 625 g/mol. The molecule has 2 aliphatic heterocycles. The highest BCUT2D eigenvalue weighted by Crippen LogP contribution is 2.40. The summed E-state index contributed by atoms with van der Waals surface area (Å²) in [6.45, 7) is 5.44. The number of carbonyl (C=O) groups is 6. The van der Waals surface area contributed by atoms with Crippen molar-refractivity contribution >= 4 is 64.1 Å². The SMILES string of the molecule is CC(=O)N1CC[C@H]2CC[C@@H](C(=O)N[C@@H](CCC(N)=O)C(C)C)N2C(=O)[C@@H](NC(=O)c2cc3cc(C(=O)P(=O)(O)O)ccc3s2)C1. The van der Waals surface area contributed by atoms with Crippen molar-refractivity contribution in [3.8, 4) is 0 Å². The lowest BCUT2D eigenvalue weighted by Crippen LogP contribution is -2.61. The number of primary amides is 1. The molecule has 2 fully saturated rings. The molecule has 16 heteroatoms. The van der Waals surface area contributed by atoms with Crippen molar-refractivity contribution in [2.24, 2.45) is 11.7 Å². The van der Waals surface area contributed by atoms with E-state index in [0.29, 0.717) is 42.3 Å². The van der Waals surface area contributed by atoms with E-state index < -0.39 is 42.9 Å². The van der Waals surface area contributed by atoms with Crippen LogP contribution in [0.4, 0.5) is 0 Å². The number of hydrogen-bond donors (Lipinski definition) is 5. The minimum absolute atomic E-state index is 0.0111. The highest BCUT2D eigenvalue weighted by molar-refractivity contribution is 7.70. The van der Waals surface area contributed by atoms with Gasteiger partial charge in [-0.3, -0.25) is 33.3 Å². The number of thiophene rings is 1. The average molecular weight is 664 g/mol. The second-order valence-corrected chi connectivity index (χ2v) is 14.4. The minimum Gasteiger partial charge on any atom is -0.370 e. The summed E-state index contributed by atoms with van der Waals surface area (Å²) in [6.07, 6.45) is 1.87. The number of carbonyl (C=O) groups excluding carboxylic acids is 6. The Balaban J connectivity index is 1.57. The van der Waals surface area contributed by atoms with Crippen molar-refractivity contribution in [1.82, 2.24) is 20.4 Å². The first-order chi connectivity index (χ1) is 21.1. The molecule has 5 amide bonds. The summed E-state index contributed by atoms with van der Waals surface area (Å²) in [6, 6.07) is 2.87. The molecule has 244 valence electrons. The fourth-order valence-electron chi connectivity index (χ4n) is 5.86. The predicted octanol–water partition coefficient (Wildman–Crippen LogP) is 1.34. The summed E-state index contributed by atoms with van der Waals surface area (Å²) >= 11 is 1.06. The molecule has 14 nitrogen and oxygen atoms in total. The third-order valence-corrected chi connectivity index (χ3v) is 10.2. The Morgan fingerprint density at radius 3 is 2.44 bits per heavy atom. The van der Waals surface area contributed by atoms with Gasteiger partial charge in [0.25, 0.3) is 11.4 Å². The van der Waals surface area contributed by atoms with Crippen LogP contribution in [0.5, 0.6) is 0 Å². The van der Waals surface area contributed by atoms with Crippen LogP contribution >= 0.6 is 18.9 Å². The van der Waals surface area contributed by atoms with Crippen LogP contribution in [0.15, 0.2) is 24.3 Å². The third-order valence-electron chi connectivity index (χ3n) is 8.33. The van der Waals surface area contributed by atoms with E-state index in [1.54, 1.807) is 0 Å². The monoisotopic (exact) mass is 663 g/mol. The fourth-order valence-corrected chi connectivity index (χ4v) is 7.28.